The molecule has 0 aliphatic heterocycles. The quantitative estimate of drug-likeness (QED) is 0.306. The second kappa shape index (κ2) is 10.1. The summed E-state index contributed by atoms with van der Waals surface area (Å²) in [5.41, 5.74) is 2.48. The van der Waals surface area contributed by atoms with Crippen molar-refractivity contribution in [1.29, 1.82) is 0 Å². The molecule has 0 bridgehead atoms. The highest BCUT2D eigenvalue weighted by atomic mass is 35.5. The molecule has 2 aromatic carbocycles. The van der Waals surface area contributed by atoms with Gasteiger partial charge in [-0.25, -0.2) is 14.2 Å². The van der Waals surface area contributed by atoms with Gasteiger partial charge < -0.3 is 23.7 Å². The van der Waals surface area contributed by atoms with Crippen molar-refractivity contribution in [2.24, 2.45) is 0 Å². The van der Waals surface area contributed by atoms with E-state index in [0.717, 1.165) is 12.5 Å². The normalized spacial score (nSPS) is 11.0. The van der Waals surface area contributed by atoms with Crippen molar-refractivity contribution in [3.63, 3.8) is 0 Å². The summed E-state index contributed by atoms with van der Waals surface area (Å²) >= 11 is 6.06. The Morgan fingerprint density at radius 2 is 1.86 bits per heavy atom. The number of benzene rings is 2. The van der Waals surface area contributed by atoms with Crippen LogP contribution in [0.15, 0.2) is 34.7 Å². The molecule has 0 aliphatic rings. The highest BCUT2D eigenvalue weighted by Crippen LogP contribution is 2.35. The maximum atomic E-state index is 13.4. The van der Waals surface area contributed by atoms with E-state index < -0.39 is 18.4 Å². The summed E-state index contributed by atoms with van der Waals surface area (Å²) in [5, 5.41) is 8.95. The molecule has 0 amide bonds. The molecule has 0 saturated heterocycles. The van der Waals surface area contributed by atoms with Gasteiger partial charge in [0.25, 0.3) is 11.6 Å². The smallest absolute Gasteiger partial charge is 0.341 e. The number of carboxylic acid groups (broad SMARTS) is 1. The number of ether oxygens (including phenoxy) is 3. The van der Waals surface area contributed by atoms with Gasteiger partial charge in [0.2, 0.25) is 5.89 Å². The van der Waals surface area contributed by atoms with Crippen molar-refractivity contribution in [1.82, 2.24) is 15.0 Å². The summed E-state index contributed by atoms with van der Waals surface area (Å²) in [6.07, 6.45) is 0.729. The second-order valence-electron chi connectivity index (χ2n) is 7.63. The van der Waals surface area contributed by atoms with E-state index in [4.69, 9.17) is 35.3 Å². The number of rotatable bonds is 9. The minimum absolute atomic E-state index is 0.0548. The Balaban J connectivity index is 1.73. The Morgan fingerprint density at radius 3 is 2.51 bits per heavy atom. The second-order valence-corrected chi connectivity index (χ2v) is 8.04. The van der Waals surface area contributed by atoms with Gasteiger partial charge in [-0.1, -0.05) is 18.5 Å². The fourth-order valence-corrected chi connectivity index (χ4v) is 3.54. The summed E-state index contributed by atoms with van der Waals surface area (Å²) in [6.45, 7) is 5.47. The SMILES string of the molecule is CCCOc1nc(Oc2ccc(F)cc2Cl)nc2oc(-c3cc(C)c(OCC(=O)O)c(C)c3)nc12. The summed E-state index contributed by atoms with van der Waals surface area (Å²) in [4.78, 5) is 23.9. The first-order valence-electron chi connectivity index (χ1n) is 10.7. The minimum atomic E-state index is -1.06. The van der Waals surface area contributed by atoms with Crippen molar-refractivity contribution in [3.05, 3.63) is 52.3 Å². The molecule has 0 aliphatic carbocycles. The number of aliphatic carboxylic acids is 1. The lowest BCUT2D eigenvalue weighted by molar-refractivity contribution is -0.139. The monoisotopic (exact) mass is 501 g/mol. The molecule has 9 nitrogen and oxygen atoms in total. The predicted octanol–water partition coefficient (Wildman–Crippen LogP) is 5.74. The average Bonchev–Trinajstić information content (AvgIpc) is 3.23. The van der Waals surface area contributed by atoms with E-state index in [9.17, 15) is 9.18 Å². The average molecular weight is 502 g/mol. The molecule has 4 rings (SSSR count). The van der Waals surface area contributed by atoms with Crippen LogP contribution in [0.4, 0.5) is 4.39 Å². The lowest BCUT2D eigenvalue weighted by Gasteiger charge is -2.11. The van der Waals surface area contributed by atoms with Gasteiger partial charge in [-0.15, -0.1) is 0 Å². The van der Waals surface area contributed by atoms with E-state index in [2.05, 4.69) is 15.0 Å². The maximum absolute atomic E-state index is 13.4. The molecular formula is C24H21ClFN3O6. The molecule has 4 aromatic rings. The zero-order valence-electron chi connectivity index (χ0n) is 19.1. The molecule has 2 aromatic heterocycles. The van der Waals surface area contributed by atoms with E-state index in [1.54, 1.807) is 26.0 Å². The first-order valence-corrected chi connectivity index (χ1v) is 11.0. The van der Waals surface area contributed by atoms with Crippen LogP contribution in [-0.2, 0) is 4.79 Å². The molecule has 0 atom stereocenters. The topological polar surface area (TPSA) is 117 Å². The molecule has 2 heterocycles. The Bertz CT molecular complexity index is 1380. The summed E-state index contributed by atoms with van der Waals surface area (Å²) in [5.74, 6) is -0.512. The summed E-state index contributed by atoms with van der Waals surface area (Å²) in [6, 6.07) is 7.11. The molecule has 0 spiro atoms. The summed E-state index contributed by atoms with van der Waals surface area (Å²) in [7, 11) is 0. The molecule has 11 heteroatoms. The number of hydrogen-bond donors (Lipinski definition) is 1. The highest BCUT2D eigenvalue weighted by molar-refractivity contribution is 6.32. The molecule has 0 unspecified atom stereocenters. The van der Waals surface area contributed by atoms with E-state index in [-0.39, 0.29) is 34.3 Å². The van der Waals surface area contributed by atoms with Crippen molar-refractivity contribution >= 4 is 28.8 Å². The number of oxazole rings is 1. The Morgan fingerprint density at radius 1 is 1.11 bits per heavy atom. The van der Waals surface area contributed by atoms with Gasteiger partial charge in [-0.2, -0.15) is 9.97 Å². The molecule has 182 valence electrons. The lowest BCUT2D eigenvalue weighted by atomic mass is 10.1. The van der Waals surface area contributed by atoms with Crippen molar-refractivity contribution in [2.75, 3.05) is 13.2 Å². The van der Waals surface area contributed by atoms with Gasteiger partial charge in [-0.05, 0) is 61.7 Å². The fourth-order valence-electron chi connectivity index (χ4n) is 3.34. The first kappa shape index (κ1) is 24.2. The number of nitrogens with zero attached hydrogens (tertiary/aromatic N) is 3. The van der Waals surface area contributed by atoms with Crippen molar-refractivity contribution < 1.29 is 32.9 Å². The first-order chi connectivity index (χ1) is 16.7. The zero-order chi connectivity index (χ0) is 25.1. The number of carboxylic acids is 1. The van der Waals surface area contributed by atoms with Gasteiger partial charge in [0.1, 0.15) is 17.3 Å². The van der Waals surface area contributed by atoms with Crippen LogP contribution in [0.3, 0.4) is 0 Å². The molecule has 35 heavy (non-hydrogen) atoms. The Kier molecular flexibility index (Phi) is 7.02. The van der Waals surface area contributed by atoms with Crippen molar-refractivity contribution in [2.45, 2.75) is 27.2 Å². The molecular weight excluding hydrogens is 481 g/mol. The molecule has 0 radical (unpaired) electrons. The van der Waals surface area contributed by atoms with Crippen LogP contribution in [0, 0.1) is 19.7 Å². The lowest BCUT2D eigenvalue weighted by Crippen LogP contribution is -2.10. The fraction of sp³-hybridized carbons (Fsp3) is 0.250. The Labute approximate surface area is 204 Å². The molecule has 0 saturated carbocycles. The van der Waals surface area contributed by atoms with Crippen LogP contribution in [-0.4, -0.2) is 39.2 Å². The van der Waals surface area contributed by atoms with Crippen LogP contribution in [0.2, 0.25) is 5.02 Å². The van der Waals surface area contributed by atoms with E-state index in [1.165, 1.54) is 12.1 Å². The van der Waals surface area contributed by atoms with Gasteiger partial charge in [0.15, 0.2) is 12.1 Å². The van der Waals surface area contributed by atoms with E-state index >= 15 is 0 Å². The van der Waals surface area contributed by atoms with Crippen LogP contribution in [0.1, 0.15) is 24.5 Å². The van der Waals surface area contributed by atoms with Crippen molar-refractivity contribution in [3.8, 4) is 34.8 Å². The number of hydrogen-bond acceptors (Lipinski definition) is 8. The third kappa shape index (κ3) is 5.43. The van der Waals surface area contributed by atoms with E-state index in [0.29, 0.717) is 34.6 Å². The van der Waals surface area contributed by atoms with Gasteiger partial charge in [0.05, 0.1) is 11.6 Å². The van der Waals surface area contributed by atoms with Gasteiger partial charge in [0, 0.05) is 5.56 Å². The Hall–Kier alpha value is -3.92. The standard InChI is InChI=1S/C24H21ClFN3O6/c1-4-7-32-22-19-23(29-24(28-22)34-17-6-5-15(26)10-16(17)25)35-21(27-19)14-8-12(2)20(13(3)9-14)33-11-18(30)31/h5-6,8-10H,4,7,11H2,1-3H3,(H,30,31). The van der Waals surface area contributed by atoms with E-state index in [1.807, 2.05) is 6.92 Å². The van der Waals surface area contributed by atoms with Gasteiger partial charge >= 0.3 is 12.0 Å². The van der Waals surface area contributed by atoms with Crippen LogP contribution < -0.4 is 14.2 Å². The third-order valence-electron chi connectivity index (χ3n) is 4.79. The number of aryl methyl sites for hydroxylation is 2. The summed E-state index contributed by atoms with van der Waals surface area (Å²) < 4.78 is 36.1. The molecule has 0 fully saturated rings. The highest BCUT2D eigenvalue weighted by Gasteiger charge is 2.20. The number of aromatic nitrogens is 3. The van der Waals surface area contributed by atoms with Crippen LogP contribution >= 0.6 is 11.6 Å². The van der Waals surface area contributed by atoms with Crippen LogP contribution in [0.5, 0.6) is 23.4 Å². The van der Waals surface area contributed by atoms with Crippen LogP contribution in [0.25, 0.3) is 22.7 Å². The zero-order valence-corrected chi connectivity index (χ0v) is 19.9. The number of fused-ring (bicyclic) bond motifs is 1. The third-order valence-corrected chi connectivity index (χ3v) is 5.09. The molecule has 1 N–H and O–H groups in total. The largest absolute Gasteiger partial charge is 0.481 e. The maximum Gasteiger partial charge on any atom is 0.341 e. The number of halogens is 2. The predicted molar refractivity (Wildman–Crippen MR) is 125 cm³/mol. The minimum Gasteiger partial charge on any atom is -0.481 e. The number of carbonyl (C=O) groups is 1. The van der Waals surface area contributed by atoms with Gasteiger partial charge in [-0.3, -0.25) is 0 Å².